The summed E-state index contributed by atoms with van der Waals surface area (Å²) in [6, 6.07) is 2.28. The number of rotatable bonds is 0. The Balaban J connectivity index is 0.000000404. The van der Waals surface area contributed by atoms with Crippen molar-refractivity contribution in [1.82, 2.24) is 0 Å². The molecule has 1 aliphatic heterocycles. The fourth-order valence-corrected chi connectivity index (χ4v) is 2.67. The van der Waals surface area contributed by atoms with E-state index < -0.39 is 0 Å². The van der Waals surface area contributed by atoms with E-state index in [1.807, 2.05) is 13.8 Å². The Morgan fingerprint density at radius 2 is 1.87 bits per heavy atom. The minimum absolute atomic E-state index is 0.888. The molecule has 0 atom stereocenters. The zero-order chi connectivity index (χ0) is 10.8. The minimum Gasteiger partial charge on any atom is -0.493 e. The van der Waals surface area contributed by atoms with Crippen LogP contribution in [-0.2, 0) is 19.3 Å². The summed E-state index contributed by atoms with van der Waals surface area (Å²) in [5.41, 5.74) is 6.14. The highest BCUT2D eigenvalue weighted by molar-refractivity contribution is 5.52. The van der Waals surface area contributed by atoms with Crippen LogP contribution in [0.15, 0.2) is 6.07 Å². The van der Waals surface area contributed by atoms with Crippen molar-refractivity contribution >= 4 is 0 Å². The first-order valence-corrected chi connectivity index (χ1v) is 6.13. The highest BCUT2D eigenvalue weighted by Crippen LogP contribution is 2.36. The molecule has 1 heterocycles. The molecule has 82 valence electrons. The SMILES string of the molecule is CC.Cc1c2c(cc3c1CCO3)CCC2. The van der Waals surface area contributed by atoms with Gasteiger partial charge in [-0.1, -0.05) is 13.8 Å². The van der Waals surface area contributed by atoms with Crippen molar-refractivity contribution < 1.29 is 4.74 Å². The quantitative estimate of drug-likeness (QED) is 0.629. The van der Waals surface area contributed by atoms with E-state index in [1.54, 1.807) is 5.56 Å². The van der Waals surface area contributed by atoms with Crippen LogP contribution in [0.4, 0.5) is 0 Å². The van der Waals surface area contributed by atoms with E-state index in [0.717, 1.165) is 18.8 Å². The Morgan fingerprint density at radius 3 is 2.67 bits per heavy atom. The van der Waals surface area contributed by atoms with Gasteiger partial charge < -0.3 is 4.74 Å². The zero-order valence-electron chi connectivity index (χ0n) is 10.0. The van der Waals surface area contributed by atoms with Crippen LogP contribution in [0.25, 0.3) is 0 Å². The van der Waals surface area contributed by atoms with Gasteiger partial charge in [0.05, 0.1) is 6.61 Å². The fraction of sp³-hybridized carbons (Fsp3) is 0.571. The van der Waals surface area contributed by atoms with Crippen LogP contribution in [0.1, 0.15) is 42.5 Å². The van der Waals surface area contributed by atoms with Crippen LogP contribution in [-0.4, -0.2) is 6.61 Å². The molecule has 1 aromatic rings. The summed E-state index contributed by atoms with van der Waals surface area (Å²) in [5.74, 6) is 1.16. The molecular weight excluding hydrogens is 184 g/mol. The van der Waals surface area contributed by atoms with Crippen molar-refractivity contribution in [3.8, 4) is 5.75 Å². The highest BCUT2D eigenvalue weighted by Gasteiger charge is 2.22. The van der Waals surface area contributed by atoms with E-state index in [1.165, 1.54) is 36.0 Å². The van der Waals surface area contributed by atoms with Gasteiger partial charge in [0.25, 0.3) is 0 Å². The Kier molecular flexibility index (Phi) is 2.99. The van der Waals surface area contributed by atoms with E-state index in [0.29, 0.717) is 0 Å². The summed E-state index contributed by atoms with van der Waals surface area (Å²) in [6.45, 7) is 7.15. The van der Waals surface area contributed by atoms with Gasteiger partial charge in [-0.05, 0) is 48.9 Å². The van der Waals surface area contributed by atoms with Gasteiger partial charge in [0.2, 0.25) is 0 Å². The van der Waals surface area contributed by atoms with Crippen LogP contribution in [0, 0.1) is 6.92 Å². The normalized spacial score (nSPS) is 16.2. The second-order valence-electron chi connectivity index (χ2n) is 4.07. The van der Waals surface area contributed by atoms with Crippen molar-refractivity contribution in [2.45, 2.75) is 46.5 Å². The van der Waals surface area contributed by atoms with Crippen LogP contribution < -0.4 is 4.74 Å². The molecule has 0 spiro atoms. The number of hydrogen-bond donors (Lipinski definition) is 0. The first kappa shape index (κ1) is 10.5. The maximum Gasteiger partial charge on any atom is 0.123 e. The Bertz CT molecular complexity index is 334. The molecule has 0 N–H and O–H groups in total. The van der Waals surface area contributed by atoms with Crippen molar-refractivity contribution in [2.24, 2.45) is 0 Å². The van der Waals surface area contributed by atoms with Crippen molar-refractivity contribution in [3.63, 3.8) is 0 Å². The molecule has 15 heavy (non-hydrogen) atoms. The van der Waals surface area contributed by atoms with Gasteiger partial charge in [0.15, 0.2) is 0 Å². The van der Waals surface area contributed by atoms with Crippen LogP contribution in [0.2, 0.25) is 0 Å². The molecule has 0 aromatic heterocycles. The monoisotopic (exact) mass is 204 g/mol. The second kappa shape index (κ2) is 4.26. The lowest BCUT2D eigenvalue weighted by atomic mass is 9.97. The van der Waals surface area contributed by atoms with E-state index in [9.17, 15) is 0 Å². The molecule has 0 saturated carbocycles. The topological polar surface area (TPSA) is 9.23 Å². The third-order valence-electron chi connectivity index (χ3n) is 3.38. The van der Waals surface area contributed by atoms with E-state index in [-0.39, 0.29) is 0 Å². The lowest BCUT2D eigenvalue weighted by Gasteiger charge is -2.08. The van der Waals surface area contributed by atoms with Gasteiger partial charge in [-0.25, -0.2) is 0 Å². The summed E-state index contributed by atoms with van der Waals surface area (Å²) in [6.07, 6.45) is 4.99. The maximum absolute atomic E-state index is 5.60. The second-order valence-corrected chi connectivity index (χ2v) is 4.07. The summed E-state index contributed by atoms with van der Waals surface area (Å²) in [5, 5.41) is 0. The molecule has 0 saturated heterocycles. The summed E-state index contributed by atoms with van der Waals surface area (Å²) >= 11 is 0. The number of hydrogen-bond acceptors (Lipinski definition) is 1. The number of benzene rings is 1. The van der Waals surface area contributed by atoms with Crippen LogP contribution in [0.3, 0.4) is 0 Å². The molecule has 1 heteroatoms. The molecule has 3 rings (SSSR count). The predicted octanol–water partition coefficient (Wildman–Crippen LogP) is 3.44. The summed E-state index contributed by atoms with van der Waals surface area (Å²) < 4.78 is 5.60. The molecule has 0 radical (unpaired) electrons. The molecule has 1 aromatic carbocycles. The standard InChI is InChI=1S/C12H14O.C2H6/c1-8-10-4-2-3-9(10)7-12-11(8)5-6-13-12;1-2/h7H,2-6H2,1H3;1-2H3. The first-order chi connectivity index (χ1) is 7.36. The van der Waals surface area contributed by atoms with Gasteiger partial charge in [0, 0.05) is 12.0 Å². The van der Waals surface area contributed by atoms with E-state index in [2.05, 4.69) is 13.0 Å². The number of aryl methyl sites for hydroxylation is 1. The van der Waals surface area contributed by atoms with Gasteiger partial charge in [-0.15, -0.1) is 0 Å². The lowest BCUT2D eigenvalue weighted by molar-refractivity contribution is 0.356. The predicted molar refractivity (Wildman–Crippen MR) is 63.8 cm³/mol. The lowest BCUT2D eigenvalue weighted by Crippen LogP contribution is -1.92. The average Bonchev–Trinajstić information content (AvgIpc) is 2.89. The average molecular weight is 204 g/mol. The van der Waals surface area contributed by atoms with Crippen LogP contribution in [0.5, 0.6) is 5.75 Å². The molecule has 1 aliphatic carbocycles. The van der Waals surface area contributed by atoms with Gasteiger partial charge >= 0.3 is 0 Å². The molecule has 0 amide bonds. The minimum atomic E-state index is 0.888. The summed E-state index contributed by atoms with van der Waals surface area (Å²) in [4.78, 5) is 0. The van der Waals surface area contributed by atoms with Crippen molar-refractivity contribution in [3.05, 3.63) is 28.3 Å². The molecule has 0 bridgehead atoms. The highest BCUT2D eigenvalue weighted by atomic mass is 16.5. The molecule has 1 nitrogen and oxygen atoms in total. The molecule has 2 aliphatic rings. The van der Waals surface area contributed by atoms with Crippen LogP contribution >= 0.6 is 0 Å². The van der Waals surface area contributed by atoms with Crippen molar-refractivity contribution in [2.75, 3.05) is 6.61 Å². The molecule has 0 unspecified atom stereocenters. The van der Waals surface area contributed by atoms with Gasteiger partial charge in [-0.2, -0.15) is 0 Å². The fourth-order valence-electron chi connectivity index (χ4n) is 2.67. The first-order valence-electron chi connectivity index (χ1n) is 6.13. The van der Waals surface area contributed by atoms with Gasteiger partial charge in [0.1, 0.15) is 5.75 Å². The van der Waals surface area contributed by atoms with E-state index >= 15 is 0 Å². The Morgan fingerprint density at radius 1 is 1.07 bits per heavy atom. The van der Waals surface area contributed by atoms with E-state index in [4.69, 9.17) is 4.74 Å². The van der Waals surface area contributed by atoms with Gasteiger partial charge in [-0.3, -0.25) is 0 Å². The molecule has 0 fully saturated rings. The number of fused-ring (bicyclic) bond motifs is 2. The Labute approximate surface area is 92.5 Å². The maximum atomic E-state index is 5.60. The van der Waals surface area contributed by atoms with Crippen molar-refractivity contribution in [1.29, 1.82) is 0 Å². The largest absolute Gasteiger partial charge is 0.493 e. The third kappa shape index (κ3) is 1.64. The third-order valence-corrected chi connectivity index (χ3v) is 3.38. The summed E-state index contributed by atoms with van der Waals surface area (Å²) in [7, 11) is 0. The Hall–Kier alpha value is -0.980. The smallest absolute Gasteiger partial charge is 0.123 e. The zero-order valence-corrected chi connectivity index (χ0v) is 10.0. The molecular formula is C14H20O. The number of ether oxygens (including phenoxy) is 1.